The molecule has 1 aliphatic heterocycles. The van der Waals surface area contributed by atoms with Crippen LogP contribution in [0.25, 0.3) is 0 Å². The highest BCUT2D eigenvalue weighted by molar-refractivity contribution is 6.12. The molecule has 2 heteroatoms. The minimum atomic E-state index is -0.383. The summed E-state index contributed by atoms with van der Waals surface area (Å²) in [7, 11) is 0. The number of benzene rings is 3. The van der Waals surface area contributed by atoms with E-state index in [9.17, 15) is 4.79 Å². The van der Waals surface area contributed by atoms with Crippen molar-refractivity contribution >= 4 is 11.5 Å². The molecule has 31 heavy (non-hydrogen) atoms. The summed E-state index contributed by atoms with van der Waals surface area (Å²) < 4.78 is 0. The number of rotatable bonds is 7. The van der Waals surface area contributed by atoms with Crippen molar-refractivity contribution in [1.82, 2.24) is 0 Å². The number of Topliss-reactive ketones (excluding diaryl/α,β-unsaturated/α-hetero) is 1. The number of carbonyl (C=O) groups excluding carboxylic acids is 1. The molecule has 1 heterocycles. The molecule has 0 N–H and O–H groups in total. The Kier molecular flexibility index (Phi) is 6.18. The number of para-hydroxylation sites is 1. The van der Waals surface area contributed by atoms with Crippen molar-refractivity contribution in [1.29, 1.82) is 0 Å². The van der Waals surface area contributed by atoms with Crippen LogP contribution in [0.4, 0.5) is 5.69 Å². The number of hydrogen-bond donors (Lipinski definition) is 0. The molecule has 0 bridgehead atoms. The van der Waals surface area contributed by atoms with Gasteiger partial charge in [-0.05, 0) is 43.0 Å². The highest BCUT2D eigenvalue weighted by Gasteiger charge is 2.36. The van der Waals surface area contributed by atoms with Gasteiger partial charge in [0.05, 0.1) is 5.54 Å². The Bertz CT molecular complexity index is 1080. The van der Waals surface area contributed by atoms with Crippen LogP contribution >= 0.6 is 0 Å². The average molecular weight is 408 g/mol. The monoisotopic (exact) mass is 407 g/mol. The van der Waals surface area contributed by atoms with Gasteiger partial charge in [0.1, 0.15) is 0 Å². The van der Waals surface area contributed by atoms with Crippen LogP contribution in [0.15, 0.2) is 114 Å². The van der Waals surface area contributed by atoms with Gasteiger partial charge in [-0.2, -0.15) is 0 Å². The van der Waals surface area contributed by atoms with Crippen molar-refractivity contribution in [2.24, 2.45) is 0 Å². The second-order valence-electron chi connectivity index (χ2n) is 8.23. The maximum Gasteiger partial charge on any atom is 0.194 e. The molecule has 3 aromatic carbocycles. The maximum absolute atomic E-state index is 13.6. The molecule has 1 atom stereocenters. The zero-order valence-corrected chi connectivity index (χ0v) is 18.3. The van der Waals surface area contributed by atoms with Crippen LogP contribution in [0.5, 0.6) is 0 Å². The first-order chi connectivity index (χ1) is 15.1. The summed E-state index contributed by atoms with van der Waals surface area (Å²) in [6.45, 7) is 4.43. The Morgan fingerprint density at radius 3 is 2.03 bits per heavy atom. The van der Waals surface area contributed by atoms with E-state index in [-0.39, 0.29) is 11.3 Å². The van der Waals surface area contributed by atoms with Gasteiger partial charge in [0.25, 0.3) is 0 Å². The third-order valence-corrected chi connectivity index (χ3v) is 6.03. The third kappa shape index (κ3) is 4.25. The van der Waals surface area contributed by atoms with E-state index in [1.807, 2.05) is 54.6 Å². The Labute approximate surface area is 185 Å². The summed E-state index contributed by atoms with van der Waals surface area (Å²) in [4.78, 5) is 15.8. The van der Waals surface area contributed by atoms with Gasteiger partial charge in [0, 0.05) is 23.0 Å². The van der Waals surface area contributed by atoms with E-state index < -0.39 is 0 Å². The fraction of sp³-hybridized carbons (Fsp3) is 0.207. The molecule has 0 radical (unpaired) electrons. The zero-order valence-electron chi connectivity index (χ0n) is 18.3. The van der Waals surface area contributed by atoms with Crippen LogP contribution in [0.3, 0.4) is 0 Å². The summed E-state index contributed by atoms with van der Waals surface area (Å²) in [6, 6.07) is 30.5. The van der Waals surface area contributed by atoms with Gasteiger partial charge in [-0.3, -0.25) is 4.79 Å². The number of carbonyl (C=O) groups is 1. The van der Waals surface area contributed by atoms with Gasteiger partial charge >= 0.3 is 0 Å². The van der Waals surface area contributed by atoms with Crippen LogP contribution in [0.2, 0.25) is 0 Å². The van der Waals surface area contributed by atoms with Gasteiger partial charge in [0.2, 0.25) is 0 Å². The van der Waals surface area contributed by atoms with E-state index in [2.05, 4.69) is 67.4 Å². The molecule has 156 valence electrons. The smallest absolute Gasteiger partial charge is 0.194 e. The standard InChI is InChI=1S/C29H29NO/c1-3-4-14-24-21-29(2,25-17-10-6-11-18-25)30(26-19-12-7-13-20-26)22-27(24)28(31)23-15-8-5-9-16-23/h5-13,15-22H,3-4,14H2,1-2H3. The van der Waals surface area contributed by atoms with Crippen molar-refractivity contribution in [2.45, 2.75) is 38.6 Å². The average Bonchev–Trinajstić information content (AvgIpc) is 2.84. The maximum atomic E-state index is 13.6. The second-order valence-corrected chi connectivity index (χ2v) is 8.23. The molecule has 3 aromatic rings. The predicted octanol–water partition coefficient (Wildman–Crippen LogP) is 7.31. The summed E-state index contributed by atoms with van der Waals surface area (Å²) in [6.07, 6.45) is 7.42. The summed E-state index contributed by atoms with van der Waals surface area (Å²) in [5.41, 5.74) is 4.54. The molecule has 0 saturated heterocycles. The van der Waals surface area contributed by atoms with Gasteiger partial charge in [0.15, 0.2) is 5.78 Å². The molecule has 0 saturated carbocycles. The molecule has 1 aliphatic rings. The van der Waals surface area contributed by atoms with E-state index in [4.69, 9.17) is 0 Å². The first-order valence-corrected chi connectivity index (χ1v) is 11.1. The number of anilines is 1. The number of unbranched alkanes of at least 4 members (excludes halogenated alkanes) is 1. The fourth-order valence-electron chi connectivity index (χ4n) is 4.29. The number of allylic oxidation sites excluding steroid dienone is 2. The molecule has 0 amide bonds. The predicted molar refractivity (Wildman–Crippen MR) is 129 cm³/mol. The fourth-order valence-corrected chi connectivity index (χ4v) is 4.29. The molecule has 4 rings (SSSR count). The van der Waals surface area contributed by atoms with Crippen molar-refractivity contribution in [2.75, 3.05) is 4.90 Å². The van der Waals surface area contributed by atoms with Crippen LogP contribution < -0.4 is 4.90 Å². The van der Waals surface area contributed by atoms with Gasteiger partial charge in [-0.25, -0.2) is 0 Å². The van der Waals surface area contributed by atoms with Crippen molar-refractivity contribution in [3.63, 3.8) is 0 Å². The number of ketones is 1. The summed E-state index contributed by atoms with van der Waals surface area (Å²) in [5.74, 6) is 0.0824. The SMILES string of the molecule is CCCCC1=CC(C)(c2ccccc2)N(c2ccccc2)C=C1C(=O)c1ccccc1. The molecule has 1 unspecified atom stereocenters. The number of nitrogens with zero attached hydrogens (tertiary/aromatic N) is 1. The van der Waals surface area contributed by atoms with Gasteiger partial charge in [-0.1, -0.05) is 98.3 Å². The zero-order chi connectivity index (χ0) is 21.7. The topological polar surface area (TPSA) is 20.3 Å². The lowest BCUT2D eigenvalue weighted by Crippen LogP contribution is -2.42. The molecule has 0 aliphatic carbocycles. The van der Waals surface area contributed by atoms with E-state index >= 15 is 0 Å². The molecule has 0 aromatic heterocycles. The lowest BCUT2D eigenvalue weighted by atomic mass is 9.80. The van der Waals surface area contributed by atoms with Crippen LogP contribution in [-0.2, 0) is 5.54 Å². The highest BCUT2D eigenvalue weighted by Crippen LogP contribution is 2.42. The molecular weight excluding hydrogens is 378 g/mol. The molecule has 2 nitrogen and oxygen atoms in total. The lowest BCUT2D eigenvalue weighted by molar-refractivity contribution is 0.103. The Morgan fingerprint density at radius 2 is 1.42 bits per heavy atom. The quantitative estimate of drug-likeness (QED) is 0.383. The van der Waals surface area contributed by atoms with Crippen molar-refractivity contribution < 1.29 is 4.79 Å². The third-order valence-electron chi connectivity index (χ3n) is 6.03. The van der Waals surface area contributed by atoms with Crippen molar-refractivity contribution in [3.8, 4) is 0 Å². The van der Waals surface area contributed by atoms with Crippen LogP contribution in [-0.4, -0.2) is 5.78 Å². The first-order valence-electron chi connectivity index (χ1n) is 11.1. The Balaban J connectivity index is 1.88. The van der Waals surface area contributed by atoms with E-state index in [0.717, 1.165) is 41.7 Å². The minimum Gasteiger partial charge on any atom is -0.334 e. The van der Waals surface area contributed by atoms with Crippen LogP contribution in [0, 0.1) is 0 Å². The highest BCUT2D eigenvalue weighted by atomic mass is 16.1. The Hall–Kier alpha value is -3.39. The lowest BCUT2D eigenvalue weighted by Gasteiger charge is -2.43. The largest absolute Gasteiger partial charge is 0.334 e. The van der Waals surface area contributed by atoms with E-state index in [0.29, 0.717) is 0 Å². The van der Waals surface area contributed by atoms with E-state index in [1.54, 1.807) is 0 Å². The normalized spacial score (nSPS) is 18.3. The second kappa shape index (κ2) is 9.18. The summed E-state index contributed by atoms with van der Waals surface area (Å²) >= 11 is 0. The molecular formula is C29H29NO. The summed E-state index contributed by atoms with van der Waals surface area (Å²) in [5, 5.41) is 0. The minimum absolute atomic E-state index is 0.0824. The Morgan fingerprint density at radius 1 is 0.839 bits per heavy atom. The first kappa shape index (κ1) is 20.9. The van der Waals surface area contributed by atoms with Gasteiger partial charge in [-0.15, -0.1) is 0 Å². The number of hydrogen-bond acceptors (Lipinski definition) is 2. The van der Waals surface area contributed by atoms with Crippen molar-refractivity contribution in [3.05, 3.63) is 126 Å². The molecule has 0 spiro atoms. The van der Waals surface area contributed by atoms with Gasteiger partial charge < -0.3 is 4.90 Å². The van der Waals surface area contributed by atoms with Crippen LogP contribution in [0.1, 0.15) is 49.0 Å². The van der Waals surface area contributed by atoms with E-state index in [1.165, 1.54) is 5.56 Å². The molecule has 0 fully saturated rings.